The van der Waals surface area contributed by atoms with Gasteiger partial charge in [-0.1, -0.05) is 12.1 Å². The number of nitrogens with zero attached hydrogens (tertiary/aromatic N) is 1. The van der Waals surface area contributed by atoms with Crippen LogP contribution in [-0.2, 0) is 6.42 Å². The molecule has 7 heteroatoms. The number of aliphatic imine (C=N–C) groups is 1. The summed E-state index contributed by atoms with van der Waals surface area (Å²) in [7, 11) is 3.32. The summed E-state index contributed by atoms with van der Waals surface area (Å²) in [4.78, 5) is 15.9. The van der Waals surface area contributed by atoms with Gasteiger partial charge in [0.05, 0.1) is 6.54 Å². The molecular formula is C21H27FN4O2. The number of rotatable bonds is 8. The number of hydrogen-bond acceptors (Lipinski definition) is 3. The zero-order valence-electron chi connectivity index (χ0n) is 16.5. The Bertz CT molecular complexity index is 793. The molecule has 150 valence electrons. The first kappa shape index (κ1) is 21.2. The minimum Gasteiger partial charge on any atom is -0.489 e. The summed E-state index contributed by atoms with van der Waals surface area (Å²) in [5.41, 5.74) is 1.71. The molecule has 0 saturated heterocycles. The molecule has 1 unspecified atom stereocenters. The van der Waals surface area contributed by atoms with Crippen molar-refractivity contribution in [3.63, 3.8) is 0 Å². The second-order valence-corrected chi connectivity index (χ2v) is 6.29. The van der Waals surface area contributed by atoms with Crippen LogP contribution >= 0.6 is 0 Å². The Morgan fingerprint density at radius 3 is 2.61 bits per heavy atom. The third-order valence-corrected chi connectivity index (χ3v) is 4.05. The van der Waals surface area contributed by atoms with Crippen LogP contribution in [-0.4, -0.2) is 45.2 Å². The molecule has 28 heavy (non-hydrogen) atoms. The van der Waals surface area contributed by atoms with Crippen LogP contribution in [0.2, 0.25) is 0 Å². The van der Waals surface area contributed by atoms with Gasteiger partial charge in [0.25, 0.3) is 5.91 Å². The number of halogens is 1. The van der Waals surface area contributed by atoms with Crippen molar-refractivity contribution in [1.82, 2.24) is 16.0 Å². The van der Waals surface area contributed by atoms with E-state index in [0.29, 0.717) is 30.4 Å². The summed E-state index contributed by atoms with van der Waals surface area (Å²) in [6.07, 6.45) is 0.640. The average Bonchev–Trinajstić information content (AvgIpc) is 2.71. The van der Waals surface area contributed by atoms with E-state index in [1.165, 1.54) is 12.1 Å². The summed E-state index contributed by atoms with van der Waals surface area (Å²) < 4.78 is 18.7. The van der Waals surface area contributed by atoms with Crippen molar-refractivity contribution in [3.8, 4) is 5.75 Å². The van der Waals surface area contributed by atoms with Gasteiger partial charge in [-0.25, -0.2) is 4.39 Å². The molecule has 6 nitrogen and oxygen atoms in total. The summed E-state index contributed by atoms with van der Waals surface area (Å²) in [6, 6.07) is 13.5. The highest BCUT2D eigenvalue weighted by atomic mass is 19.1. The van der Waals surface area contributed by atoms with Crippen molar-refractivity contribution < 1.29 is 13.9 Å². The van der Waals surface area contributed by atoms with Crippen molar-refractivity contribution in [3.05, 3.63) is 65.5 Å². The first-order valence-corrected chi connectivity index (χ1v) is 9.19. The fourth-order valence-electron chi connectivity index (χ4n) is 2.59. The second-order valence-electron chi connectivity index (χ2n) is 6.29. The van der Waals surface area contributed by atoms with Crippen LogP contribution in [0.1, 0.15) is 22.8 Å². The van der Waals surface area contributed by atoms with Crippen molar-refractivity contribution in [2.75, 3.05) is 27.2 Å². The number of carbonyl (C=O) groups is 1. The molecule has 0 aliphatic heterocycles. The number of ether oxygens (including phenoxy) is 1. The number of hydrogen-bond donors (Lipinski definition) is 3. The third kappa shape index (κ3) is 6.90. The maximum absolute atomic E-state index is 12.9. The highest BCUT2D eigenvalue weighted by Crippen LogP contribution is 2.12. The van der Waals surface area contributed by atoms with Crippen LogP contribution in [0, 0.1) is 5.82 Å². The molecule has 0 radical (unpaired) electrons. The molecule has 0 aromatic heterocycles. The molecule has 0 bridgehead atoms. The van der Waals surface area contributed by atoms with E-state index >= 15 is 0 Å². The van der Waals surface area contributed by atoms with Gasteiger partial charge < -0.3 is 20.7 Å². The van der Waals surface area contributed by atoms with Gasteiger partial charge in [0.15, 0.2) is 5.96 Å². The van der Waals surface area contributed by atoms with E-state index in [4.69, 9.17) is 4.74 Å². The van der Waals surface area contributed by atoms with E-state index in [2.05, 4.69) is 20.9 Å². The summed E-state index contributed by atoms with van der Waals surface area (Å²) in [6.45, 7) is 3.14. The van der Waals surface area contributed by atoms with Crippen molar-refractivity contribution >= 4 is 11.9 Å². The second kappa shape index (κ2) is 10.9. The molecule has 1 atom stereocenters. The molecule has 0 aliphatic carbocycles. The molecule has 0 saturated carbocycles. The number of nitrogens with one attached hydrogen (secondary N) is 3. The average molecular weight is 386 g/mol. The molecule has 0 heterocycles. The number of benzene rings is 2. The first-order chi connectivity index (χ1) is 13.5. The molecule has 2 aromatic rings. The highest BCUT2D eigenvalue weighted by Gasteiger charge is 2.07. The minimum atomic E-state index is -0.288. The van der Waals surface area contributed by atoms with Crippen LogP contribution < -0.4 is 20.7 Å². The lowest BCUT2D eigenvalue weighted by Gasteiger charge is -2.18. The fraction of sp³-hybridized carbons (Fsp3) is 0.333. The third-order valence-electron chi connectivity index (χ3n) is 4.05. The molecule has 0 spiro atoms. The largest absolute Gasteiger partial charge is 0.489 e. The maximum atomic E-state index is 12.9. The summed E-state index contributed by atoms with van der Waals surface area (Å²) in [5.74, 6) is 0.901. The molecule has 3 N–H and O–H groups in total. The van der Waals surface area contributed by atoms with Gasteiger partial charge in [0, 0.05) is 26.2 Å². The Hall–Kier alpha value is -3.09. The molecular weight excluding hydrogens is 359 g/mol. The zero-order chi connectivity index (χ0) is 20.4. The minimum absolute atomic E-state index is 0.0950. The van der Waals surface area contributed by atoms with Gasteiger partial charge >= 0.3 is 0 Å². The summed E-state index contributed by atoms with van der Waals surface area (Å²) >= 11 is 0. The van der Waals surface area contributed by atoms with Gasteiger partial charge in [0.2, 0.25) is 0 Å². The van der Waals surface area contributed by atoms with Crippen LogP contribution in [0.3, 0.4) is 0 Å². The van der Waals surface area contributed by atoms with Gasteiger partial charge in [-0.3, -0.25) is 9.79 Å². The fourth-order valence-corrected chi connectivity index (χ4v) is 2.59. The quantitative estimate of drug-likeness (QED) is 0.481. The highest BCUT2D eigenvalue weighted by molar-refractivity contribution is 5.94. The lowest BCUT2D eigenvalue weighted by molar-refractivity contribution is 0.0963. The number of guanidine groups is 1. The molecule has 2 aromatic carbocycles. The standard InChI is InChI=1S/C21H27FN4O2/c1-15(28-19-9-7-18(22)8-10-19)14-26-21(24-3)25-12-11-16-5-4-6-17(13-16)20(27)23-2/h4-10,13,15H,11-12,14H2,1-3H3,(H,23,27)(H2,24,25,26). The lowest BCUT2D eigenvalue weighted by Crippen LogP contribution is -2.42. The van der Waals surface area contributed by atoms with Crippen molar-refractivity contribution in [2.24, 2.45) is 4.99 Å². The van der Waals surface area contributed by atoms with Crippen LogP contribution in [0.15, 0.2) is 53.5 Å². The molecule has 0 aliphatic rings. The van der Waals surface area contributed by atoms with Gasteiger partial charge in [-0.15, -0.1) is 0 Å². The Kier molecular flexibility index (Phi) is 8.27. The van der Waals surface area contributed by atoms with E-state index in [-0.39, 0.29) is 17.8 Å². The van der Waals surface area contributed by atoms with Crippen molar-refractivity contribution in [2.45, 2.75) is 19.4 Å². The van der Waals surface area contributed by atoms with Crippen LogP contribution in [0.25, 0.3) is 0 Å². The number of carbonyl (C=O) groups excluding carboxylic acids is 1. The van der Waals surface area contributed by atoms with Gasteiger partial charge in [0.1, 0.15) is 17.7 Å². The molecule has 2 rings (SSSR count). The van der Waals surface area contributed by atoms with E-state index in [0.717, 1.165) is 12.0 Å². The van der Waals surface area contributed by atoms with E-state index in [1.807, 2.05) is 25.1 Å². The first-order valence-electron chi connectivity index (χ1n) is 9.19. The van der Waals surface area contributed by atoms with Gasteiger partial charge in [-0.05, 0) is 55.3 Å². The van der Waals surface area contributed by atoms with Gasteiger partial charge in [-0.2, -0.15) is 0 Å². The topological polar surface area (TPSA) is 74.8 Å². The predicted octanol–water partition coefficient (Wildman–Crippen LogP) is 2.36. The monoisotopic (exact) mass is 386 g/mol. The maximum Gasteiger partial charge on any atom is 0.251 e. The Morgan fingerprint density at radius 1 is 1.18 bits per heavy atom. The predicted molar refractivity (Wildman–Crippen MR) is 109 cm³/mol. The Balaban J connectivity index is 1.75. The molecule has 0 fully saturated rings. The Labute approximate surface area is 165 Å². The van der Waals surface area contributed by atoms with Crippen molar-refractivity contribution in [1.29, 1.82) is 0 Å². The summed E-state index contributed by atoms with van der Waals surface area (Å²) in [5, 5.41) is 9.07. The van der Waals surface area contributed by atoms with E-state index in [1.54, 1.807) is 32.3 Å². The zero-order valence-corrected chi connectivity index (χ0v) is 16.5. The molecule has 1 amide bonds. The Morgan fingerprint density at radius 2 is 1.93 bits per heavy atom. The van der Waals surface area contributed by atoms with E-state index in [9.17, 15) is 9.18 Å². The number of amides is 1. The van der Waals surface area contributed by atoms with E-state index < -0.39 is 0 Å². The SMILES string of the molecule is CN=C(NCCc1cccc(C(=O)NC)c1)NCC(C)Oc1ccc(F)cc1. The lowest BCUT2D eigenvalue weighted by atomic mass is 10.1. The smallest absolute Gasteiger partial charge is 0.251 e. The van der Waals surface area contributed by atoms with Crippen LogP contribution in [0.5, 0.6) is 5.75 Å². The van der Waals surface area contributed by atoms with Crippen LogP contribution in [0.4, 0.5) is 4.39 Å². The normalized spacial score (nSPS) is 12.2.